The van der Waals surface area contributed by atoms with Crippen molar-refractivity contribution >= 4 is 17.5 Å². The van der Waals surface area contributed by atoms with E-state index in [9.17, 15) is 14.4 Å². The van der Waals surface area contributed by atoms with Crippen LogP contribution in [0.15, 0.2) is 35.3 Å². The molecule has 0 saturated carbocycles. The van der Waals surface area contributed by atoms with Gasteiger partial charge in [0.25, 0.3) is 17.4 Å². The number of hydrogen-bond donors (Lipinski definition) is 1. The second-order valence-electron chi connectivity index (χ2n) is 5.81. The fourth-order valence-corrected chi connectivity index (χ4v) is 2.31. The highest BCUT2D eigenvalue weighted by molar-refractivity contribution is 6.05. The van der Waals surface area contributed by atoms with Gasteiger partial charge in [-0.2, -0.15) is 0 Å². The van der Waals surface area contributed by atoms with Gasteiger partial charge >= 0.3 is 0 Å². The molecular formula is C18H21N3O5. The normalized spacial score (nSPS) is 10.2. The fourth-order valence-electron chi connectivity index (χ4n) is 2.31. The van der Waals surface area contributed by atoms with Crippen molar-refractivity contribution in [2.45, 2.75) is 0 Å². The summed E-state index contributed by atoms with van der Waals surface area (Å²) in [7, 11) is 7.67. The molecule has 2 amide bonds. The molecule has 0 saturated heterocycles. The lowest BCUT2D eigenvalue weighted by Crippen LogP contribution is -2.28. The van der Waals surface area contributed by atoms with Crippen molar-refractivity contribution in [3.8, 4) is 11.5 Å². The van der Waals surface area contributed by atoms with Crippen LogP contribution >= 0.6 is 0 Å². The molecular weight excluding hydrogens is 338 g/mol. The average molecular weight is 359 g/mol. The lowest BCUT2D eigenvalue weighted by atomic mass is 10.1. The van der Waals surface area contributed by atoms with Gasteiger partial charge in [0.15, 0.2) is 0 Å². The third-order valence-corrected chi connectivity index (χ3v) is 3.70. The zero-order valence-corrected chi connectivity index (χ0v) is 15.3. The molecule has 0 aliphatic rings. The molecule has 138 valence electrons. The molecule has 8 heteroatoms. The first-order valence-electron chi connectivity index (χ1n) is 7.73. The first kappa shape index (κ1) is 19.0. The van der Waals surface area contributed by atoms with Gasteiger partial charge in [0.05, 0.1) is 19.8 Å². The molecule has 0 fully saturated rings. The van der Waals surface area contributed by atoms with Crippen LogP contribution in [0.4, 0.5) is 5.69 Å². The Bertz CT molecular complexity index is 880. The van der Waals surface area contributed by atoms with Crippen LogP contribution in [0.1, 0.15) is 20.7 Å². The molecule has 0 aliphatic heterocycles. The maximum absolute atomic E-state index is 12.6. The number of carbonyl (C=O) groups excluding carboxylic acids is 2. The number of nitrogens with zero attached hydrogens (tertiary/aromatic N) is 2. The Morgan fingerprint density at radius 2 is 1.58 bits per heavy atom. The zero-order valence-electron chi connectivity index (χ0n) is 15.3. The SMILES string of the molecule is COc1cc(OC)cc(C(=O)Nc2cc(C(=O)N(C)C)cn(C)c2=O)c1. The third kappa shape index (κ3) is 4.02. The molecule has 26 heavy (non-hydrogen) atoms. The standard InChI is InChI=1S/C18H21N3O5/c1-20(2)17(23)12-8-15(18(24)21(3)10-12)19-16(22)11-6-13(25-4)9-14(7-11)26-5/h6-10H,1-5H3,(H,19,22). The van der Waals surface area contributed by atoms with Crippen LogP contribution < -0.4 is 20.3 Å². The van der Waals surface area contributed by atoms with Crippen LogP contribution in [-0.4, -0.2) is 49.6 Å². The number of anilines is 1. The Hall–Kier alpha value is -3.29. The largest absolute Gasteiger partial charge is 0.497 e. The number of benzene rings is 1. The van der Waals surface area contributed by atoms with Crippen molar-refractivity contribution in [3.63, 3.8) is 0 Å². The molecule has 0 spiro atoms. The van der Waals surface area contributed by atoms with E-state index in [1.807, 2.05) is 0 Å². The highest BCUT2D eigenvalue weighted by Gasteiger charge is 2.16. The number of hydrogen-bond acceptors (Lipinski definition) is 5. The van der Waals surface area contributed by atoms with E-state index in [1.165, 1.54) is 55.1 Å². The Kier molecular flexibility index (Phi) is 5.66. The van der Waals surface area contributed by atoms with Gasteiger partial charge in [0.1, 0.15) is 17.2 Å². The minimum absolute atomic E-state index is 0.00647. The fraction of sp³-hybridized carbons (Fsp3) is 0.278. The van der Waals surface area contributed by atoms with E-state index in [-0.39, 0.29) is 22.7 Å². The van der Waals surface area contributed by atoms with Crippen molar-refractivity contribution in [1.29, 1.82) is 0 Å². The van der Waals surface area contributed by atoms with E-state index in [4.69, 9.17) is 9.47 Å². The lowest BCUT2D eigenvalue weighted by Gasteiger charge is -2.13. The molecule has 0 radical (unpaired) electrons. The number of amides is 2. The maximum atomic E-state index is 12.6. The molecule has 0 unspecified atom stereocenters. The molecule has 1 N–H and O–H groups in total. The van der Waals surface area contributed by atoms with Gasteiger partial charge in [0, 0.05) is 39.0 Å². The van der Waals surface area contributed by atoms with Crippen molar-refractivity contribution in [1.82, 2.24) is 9.47 Å². The van der Waals surface area contributed by atoms with Crippen LogP contribution in [0.3, 0.4) is 0 Å². The lowest BCUT2D eigenvalue weighted by molar-refractivity contribution is 0.0826. The van der Waals surface area contributed by atoms with E-state index in [0.29, 0.717) is 11.5 Å². The summed E-state index contributed by atoms with van der Waals surface area (Å²) in [6.07, 6.45) is 1.43. The topological polar surface area (TPSA) is 89.9 Å². The average Bonchev–Trinajstić information content (AvgIpc) is 2.63. The summed E-state index contributed by atoms with van der Waals surface area (Å²) in [5, 5.41) is 2.55. The Morgan fingerprint density at radius 1 is 1.00 bits per heavy atom. The number of rotatable bonds is 5. The quantitative estimate of drug-likeness (QED) is 0.870. The number of methoxy groups -OCH3 is 2. The molecule has 2 aromatic rings. The number of pyridine rings is 1. The van der Waals surface area contributed by atoms with Gasteiger partial charge in [-0.15, -0.1) is 0 Å². The first-order chi connectivity index (χ1) is 12.3. The summed E-state index contributed by atoms with van der Waals surface area (Å²) in [6, 6.07) is 6.04. The Morgan fingerprint density at radius 3 is 2.08 bits per heavy atom. The van der Waals surface area contributed by atoms with E-state index < -0.39 is 11.5 Å². The molecule has 1 heterocycles. The number of aromatic nitrogens is 1. The van der Waals surface area contributed by atoms with Crippen LogP contribution in [0.5, 0.6) is 11.5 Å². The van der Waals surface area contributed by atoms with E-state index >= 15 is 0 Å². The Balaban J connectivity index is 2.40. The van der Waals surface area contributed by atoms with Gasteiger partial charge in [-0.25, -0.2) is 0 Å². The summed E-state index contributed by atoms with van der Waals surface area (Å²) in [6.45, 7) is 0. The van der Waals surface area contributed by atoms with Crippen molar-refractivity contribution in [2.24, 2.45) is 7.05 Å². The molecule has 2 rings (SSSR count). The number of carbonyl (C=O) groups is 2. The molecule has 0 bridgehead atoms. The predicted octanol–water partition coefficient (Wildman–Crippen LogP) is 1.36. The zero-order chi connectivity index (χ0) is 19.4. The minimum atomic E-state index is -0.520. The van der Waals surface area contributed by atoms with E-state index in [2.05, 4.69) is 5.32 Å². The third-order valence-electron chi connectivity index (χ3n) is 3.70. The molecule has 1 aromatic heterocycles. The predicted molar refractivity (Wildman–Crippen MR) is 97.2 cm³/mol. The van der Waals surface area contributed by atoms with Gasteiger partial charge in [-0.05, 0) is 18.2 Å². The highest BCUT2D eigenvalue weighted by atomic mass is 16.5. The molecule has 8 nitrogen and oxygen atoms in total. The minimum Gasteiger partial charge on any atom is -0.497 e. The van der Waals surface area contributed by atoms with Gasteiger partial charge < -0.3 is 24.3 Å². The van der Waals surface area contributed by atoms with Crippen molar-refractivity contribution < 1.29 is 19.1 Å². The summed E-state index contributed by atoms with van der Waals surface area (Å²) >= 11 is 0. The van der Waals surface area contributed by atoms with E-state index in [1.54, 1.807) is 20.2 Å². The summed E-state index contributed by atoms with van der Waals surface area (Å²) in [5.74, 6) is 0.0887. The van der Waals surface area contributed by atoms with Gasteiger partial charge in [0.2, 0.25) is 0 Å². The molecule has 0 aliphatic carbocycles. The van der Waals surface area contributed by atoms with Gasteiger partial charge in [-0.3, -0.25) is 14.4 Å². The number of ether oxygens (including phenoxy) is 2. The van der Waals surface area contributed by atoms with Crippen LogP contribution in [0.2, 0.25) is 0 Å². The monoisotopic (exact) mass is 359 g/mol. The van der Waals surface area contributed by atoms with Crippen molar-refractivity contribution in [2.75, 3.05) is 33.6 Å². The van der Waals surface area contributed by atoms with E-state index in [0.717, 1.165) is 0 Å². The maximum Gasteiger partial charge on any atom is 0.274 e. The summed E-state index contributed by atoms with van der Waals surface area (Å²) in [5.41, 5.74) is 0.124. The van der Waals surface area contributed by atoms with Gasteiger partial charge in [-0.1, -0.05) is 0 Å². The second-order valence-corrected chi connectivity index (χ2v) is 5.81. The molecule has 0 atom stereocenters. The smallest absolute Gasteiger partial charge is 0.274 e. The van der Waals surface area contributed by atoms with Crippen molar-refractivity contribution in [3.05, 3.63) is 51.9 Å². The number of aryl methyl sites for hydroxylation is 1. The van der Waals surface area contributed by atoms with Crippen LogP contribution in [0, 0.1) is 0 Å². The Labute approximate surface area is 150 Å². The summed E-state index contributed by atoms with van der Waals surface area (Å²) < 4.78 is 11.5. The molecule has 1 aromatic carbocycles. The van der Waals surface area contributed by atoms with Crippen LogP contribution in [-0.2, 0) is 7.05 Å². The first-order valence-corrected chi connectivity index (χ1v) is 7.73. The summed E-state index contributed by atoms with van der Waals surface area (Å²) in [4.78, 5) is 38.4. The van der Waals surface area contributed by atoms with Crippen LogP contribution in [0.25, 0.3) is 0 Å². The number of nitrogens with one attached hydrogen (secondary N) is 1. The second kappa shape index (κ2) is 7.73. The highest BCUT2D eigenvalue weighted by Crippen LogP contribution is 2.23.